The molecule has 0 unspecified atom stereocenters. The van der Waals surface area contributed by atoms with Crippen molar-refractivity contribution < 1.29 is 4.79 Å². The van der Waals surface area contributed by atoms with Crippen molar-refractivity contribution in [2.45, 2.75) is 69.9 Å². The molecule has 1 aliphatic carbocycles. The second kappa shape index (κ2) is 8.95. The summed E-state index contributed by atoms with van der Waals surface area (Å²) in [6.07, 6.45) is 8.16. The topological polar surface area (TPSA) is 69.3 Å². The Morgan fingerprint density at radius 2 is 1.90 bits per heavy atom. The van der Waals surface area contributed by atoms with Gasteiger partial charge in [-0.15, -0.1) is 0 Å². The third-order valence-corrected chi connectivity index (χ3v) is 7.36. The number of amides is 1. The van der Waals surface area contributed by atoms with Crippen LogP contribution in [0.5, 0.6) is 0 Å². The fourth-order valence-electron chi connectivity index (χ4n) is 5.50. The number of fused-ring (bicyclic) bond motifs is 1. The molecule has 1 amide bonds. The highest BCUT2D eigenvalue weighted by atomic mass is 16.2. The van der Waals surface area contributed by atoms with E-state index in [1.54, 1.807) is 0 Å². The van der Waals surface area contributed by atoms with E-state index >= 15 is 0 Å². The van der Waals surface area contributed by atoms with Crippen LogP contribution in [0.15, 0.2) is 35.1 Å². The standard InChI is InChI=1S/C25H32N4O2/c30-23(11-10-18-6-2-1-3-7-18)29-14-12-19(16-29)24-26-22-13-15-28(20-8-4-5-9-20)17-21(22)25(31)27-24/h1-3,6-7,19-20H,4-5,8-17H2,(H,26,27,31)/t19-/m1/s1. The highest BCUT2D eigenvalue weighted by Crippen LogP contribution is 2.29. The molecule has 0 bridgehead atoms. The molecule has 1 atom stereocenters. The molecule has 1 saturated carbocycles. The van der Waals surface area contributed by atoms with Crippen LogP contribution in [0.1, 0.15) is 67.1 Å². The molecular formula is C25H32N4O2. The number of rotatable bonds is 5. The molecule has 0 radical (unpaired) electrons. The van der Waals surface area contributed by atoms with Crippen LogP contribution in [0.2, 0.25) is 0 Å². The summed E-state index contributed by atoms with van der Waals surface area (Å²) in [5.41, 5.74) is 3.05. The normalized spacial score (nSPS) is 22.1. The average Bonchev–Trinajstić information content (AvgIpc) is 3.50. The fraction of sp³-hybridized carbons (Fsp3) is 0.560. The maximum Gasteiger partial charge on any atom is 0.255 e. The van der Waals surface area contributed by atoms with Gasteiger partial charge in [0, 0.05) is 51.0 Å². The first-order chi connectivity index (χ1) is 15.2. The van der Waals surface area contributed by atoms with Gasteiger partial charge in [0.25, 0.3) is 5.56 Å². The van der Waals surface area contributed by atoms with Gasteiger partial charge in [0.2, 0.25) is 5.91 Å². The van der Waals surface area contributed by atoms with Crippen LogP contribution in [0, 0.1) is 0 Å². The summed E-state index contributed by atoms with van der Waals surface area (Å²) in [6, 6.07) is 10.8. The van der Waals surface area contributed by atoms with Crippen LogP contribution in [-0.2, 0) is 24.2 Å². The number of aromatic amines is 1. The maximum atomic E-state index is 12.9. The van der Waals surface area contributed by atoms with Crippen molar-refractivity contribution in [1.29, 1.82) is 0 Å². The molecule has 1 aromatic carbocycles. The Kier molecular flexibility index (Phi) is 5.90. The van der Waals surface area contributed by atoms with Gasteiger partial charge in [-0.1, -0.05) is 43.2 Å². The molecular weight excluding hydrogens is 388 g/mol. The van der Waals surface area contributed by atoms with Crippen LogP contribution in [0.25, 0.3) is 0 Å². The van der Waals surface area contributed by atoms with Crippen molar-refractivity contribution in [3.63, 3.8) is 0 Å². The number of carbonyl (C=O) groups is 1. The van der Waals surface area contributed by atoms with Crippen LogP contribution in [0.4, 0.5) is 0 Å². The largest absolute Gasteiger partial charge is 0.342 e. The van der Waals surface area contributed by atoms with E-state index in [1.165, 1.54) is 31.2 Å². The lowest BCUT2D eigenvalue weighted by atomic mass is 10.0. The van der Waals surface area contributed by atoms with Gasteiger partial charge in [0.1, 0.15) is 5.82 Å². The van der Waals surface area contributed by atoms with Gasteiger partial charge in [-0.05, 0) is 31.2 Å². The zero-order valence-electron chi connectivity index (χ0n) is 18.2. The van der Waals surface area contributed by atoms with Gasteiger partial charge < -0.3 is 9.88 Å². The minimum atomic E-state index is 0.0246. The molecule has 31 heavy (non-hydrogen) atoms. The highest BCUT2D eigenvalue weighted by Gasteiger charge is 2.32. The van der Waals surface area contributed by atoms with Gasteiger partial charge in [0.15, 0.2) is 0 Å². The summed E-state index contributed by atoms with van der Waals surface area (Å²) in [6.45, 7) is 3.14. The SMILES string of the molecule is O=C(CCc1ccccc1)N1CC[C@@H](c2nc3c(c(=O)[nH]2)CN(C2CCCC2)CC3)C1. The van der Waals surface area contributed by atoms with E-state index in [1.807, 2.05) is 23.1 Å². The molecule has 6 heteroatoms. The van der Waals surface area contributed by atoms with Crippen molar-refractivity contribution in [3.8, 4) is 0 Å². The minimum absolute atomic E-state index is 0.0246. The van der Waals surface area contributed by atoms with E-state index in [4.69, 9.17) is 4.98 Å². The molecule has 1 N–H and O–H groups in total. The molecule has 2 aromatic rings. The van der Waals surface area contributed by atoms with Gasteiger partial charge in [0.05, 0.1) is 11.3 Å². The molecule has 3 heterocycles. The number of nitrogens with zero attached hydrogens (tertiary/aromatic N) is 3. The summed E-state index contributed by atoms with van der Waals surface area (Å²) in [4.78, 5) is 37.9. The number of likely N-dealkylation sites (tertiary alicyclic amines) is 1. The summed E-state index contributed by atoms with van der Waals surface area (Å²) < 4.78 is 0. The van der Waals surface area contributed by atoms with Crippen LogP contribution >= 0.6 is 0 Å². The Labute approximate surface area is 183 Å². The van der Waals surface area contributed by atoms with Gasteiger partial charge >= 0.3 is 0 Å². The number of aryl methyl sites for hydroxylation is 1. The van der Waals surface area contributed by atoms with E-state index < -0.39 is 0 Å². The second-order valence-corrected chi connectivity index (χ2v) is 9.35. The van der Waals surface area contributed by atoms with Crippen molar-refractivity contribution in [2.24, 2.45) is 0 Å². The molecule has 1 aromatic heterocycles. The molecule has 0 spiro atoms. The van der Waals surface area contributed by atoms with Crippen molar-refractivity contribution >= 4 is 5.91 Å². The summed E-state index contributed by atoms with van der Waals surface area (Å²) in [5, 5.41) is 0. The van der Waals surface area contributed by atoms with Gasteiger partial charge in [-0.3, -0.25) is 14.5 Å². The number of hydrogen-bond donors (Lipinski definition) is 1. The van der Waals surface area contributed by atoms with E-state index in [9.17, 15) is 9.59 Å². The second-order valence-electron chi connectivity index (χ2n) is 9.35. The van der Waals surface area contributed by atoms with Crippen molar-refractivity contribution in [2.75, 3.05) is 19.6 Å². The smallest absolute Gasteiger partial charge is 0.255 e. The molecule has 5 rings (SSSR count). The lowest BCUT2D eigenvalue weighted by molar-refractivity contribution is -0.130. The summed E-state index contributed by atoms with van der Waals surface area (Å²) in [5.74, 6) is 1.10. The van der Waals surface area contributed by atoms with Gasteiger partial charge in [-0.25, -0.2) is 4.98 Å². The number of H-pyrrole nitrogens is 1. The number of benzene rings is 1. The van der Waals surface area contributed by atoms with Crippen LogP contribution in [-0.4, -0.2) is 51.4 Å². The number of aromatic nitrogens is 2. The average molecular weight is 421 g/mol. The lowest BCUT2D eigenvalue weighted by Crippen LogP contribution is -2.41. The first-order valence-corrected chi connectivity index (χ1v) is 11.8. The Bertz CT molecular complexity index is 981. The Hall–Kier alpha value is -2.47. The summed E-state index contributed by atoms with van der Waals surface area (Å²) in [7, 11) is 0. The molecule has 164 valence electrons. The maximum absolute atomic E-state index is 12.9. The van der Waals surface area contributed by atoms with E-state index in [-0.39, 0.29) is 17.4 Å². The monoisotopic (exact) mass is 420 g/mol. The predicted octanol–water partition coefficient (Wildman–Crippen LogP) is 3.02. The van der Waals surface area contributed by atoms with Crippen molar-refractivity contribution in [3.05, 3.63) is 63.3 Å². The van der Waals surface area contributed by atoms with E-state index in [0.29, 0.717) is 19.0 Å². The molecule has 1 saturated heterocycles. The van der Waals surface area contributed by atoms with E-state index in [2.05, 4.69) is 22.0 Å². The van der Waals surface area contributed by atoms with E-state index in [0.717, 1.165) is 56.0 Å². The first-order valence-electron chi connectivity index (χ1n) is 11.8. The number of hydrogen-bond acceptors (Lipinski definition) is 4. The third-order valence-electron chi connectivity index (χ3n) is 7.36. The molecule has 6 nitrogen and oxygen atoms in total. The lowest BCUT2D eigenvalue weighted by Gasteiger charge is -2.32. The predicted molar refractivity (Wildman–Crippen MR) is 120 cm³/mol. The third kappa shape index (κ3) is 4.45. The first kappa shape index (κ1) is 20.4. The van der Waals surface area contributed by atoms with Crippen molar-refractivity contribution in [1.82, 2.24) is 19.8 Å². The Morgan fingerprint density at radius 3 is 2.71 bits per heavy atom. The fourth-order valence-corrected chi connectivity index (χ4v) is 5.50. The number of carbonyl (C=O) groups excluding carboxylic acids is 1. The molecule has 2 fully saturated rings. The zero-order chi connectivity index (χ0) is 21.2. The minimum Gasteiger partial charge on any atom is -0.342 e. The summed E-state index contributed by atoms with van der Waals surface area (Å²) >= 11 is 0. The Morgan fingerprint density at radius 1 is 1.10 bits per heavy atom. The van der Waals surface area contributed by atoms with Crippen LogP contribution in [0.3, 0.4) is 0 Å². The highest BCUT2D eigenvalue weighted by molar-refractivity contribution is 5.76. The molecule has 3 aliphatic rings. The quantitative estimate of drug-likeness (QED) is 0.807. The van der Waals surface area contributed by atoms with Gasteiger partial charge in [-0.2, -0.15) is 0 Å². The zero-order valence-corrected chi connectivity index (χ0v) is 18.2. The molecule has 2 aliphatic heterocycles. The Balaban J connectivity index is 1.22. The number of nitrogens with one attached hydrogen (secondary N) is 1. The van der Waals surface area contributed by atoms with Crippen LogP contribution < -0.4 is 5.56 Å².